The first-order valence-corrected chi connectivity index (χ1v) is 6.81. The van der Waals surface area contributed by atoms with Crippen molar-refractivity contribution in [1.82, 2.24) is 14.9 Å². The van der Waals surface area contributed by atoms with Crippen molar-refractivity contribution in [3.05, 3.63) is 42.0 Å². The summed E-state index contributed by atoms with van der Waals surface area (Å²) in [5, 5.41) is 13.1. The Bertz CT molecular complexity index is 571. The van der Waals surface area contributed by atoms with Gasteiger partial charge in [0.2, 0.25) is 0 Å². The Balaban J connectivity index is 1.99. The van der Waals surface area contributed by atoms with Gasteiger partial charge >= 0.3 is 0 Å². The molecule has 1 unspecified atom stereocenters. The maximum absolute atomic E-state index is 9.52. The fraction of sp³-hybridized carbons (Fsp3) is 0.400. The summed E-state index contributed by atoms with van der Waals surface area (Å²) in [5.41, 5.74) is 3.33. The summed E-state index contributed by atoms with van der Waals surface area (Å²) in [4.78, 5) is 4.30. The van der Waals surface area contributed by atoms with Crippen LogP contribution in [0.4, 0.5) is 0 Å². The van der Waals surface area contributed by atoms with E-state index in [1.165, 1.54) is 18.5 Å². The van der Waals surface area contributed by atoms with E-state index >= 15 is 0 Å². The maximum atomic E-state index is 9.52. The van der Waals surface area contributed by atoms with Gasteiger partial charge in [0.15, 0.2) is 0 Å². The summed E-state index contributed by atoms with van der Waals surface area (Å²) in [5.74, 6) is 0.304. The third-order valence-electron chi connectivity index (χ3n) is 3.77. The van der Waals surface area contributed by atoms with Crippen molar-refractivity contribution >= 4 is 0 Å². The van der Waals surface area contributed by atoms with Crippen LogP contribution in [0.1, 0.15) is 36.6 Å². The van der Waals surface area contributed by atoms with E-state index in [1.54, 1.807) is 12.1 Å². The van der Waals surface area contributed by atoms with Gasteiger partial charge in [0.1, 0.15) is 5.75 Å². The van der Waals surface area contributed by atoms with Gasteiger partial charge in [-0.15, -0.1) is 0 Å². The van der Waals surface area contributed by atoms with Crippen LogP contribution >= 0.6 is 0 Å². The highest BCUT2D eigenvalue weighted by Gasteiger charge is 2.19. The molecule has 0 spiro atoms. The molecular weight excluding hydrogens is 238 g/mol. The summed E-state index contributed by atoms with van der Waals surface area (Å²) in [6.07, 6.45) is 7.46. The third kappa shape index (κ3) is 2.36. The minimum absolute atomic E-state index is 0.304. The molecule has 0 radical (unpaired) electrons. The lowest BCUT2D eigenvalue weighted by Gasteiger charge is -2.24. The fourth-order valence-corrected chi connectivity index (χ4v) is 2.78. The van der Waals surface area contributed by atoms with E-state index in [9.17, 15) is 5.11 Å². The van der Waals surface area contributed by atoms with Gasteiger partial charge < -0.3 is 15.0 Å². The van der Waals surface area contributed by atoms with Crippen LogP contribution in [0.15, 0.2) is 30.7 Å². The molecule has 2 heterocycles. The highest BCUT2D eigenvalue weighted by molar-refractivity contribution is 5.45. The fourth-order valence-electron chi connectivity index (χ4n) is 2.78. The van der Waals surface area contributed by atoms with Crippen molar-refractivity contribution in [2.24, 2.45) is 0 Å². The molecule has 3 rings (SSSR count). The molecule has 2 N–H and O–H groups in total. The van der Waals surface area contributed by atoms with E-state index in [0.29, 0.717) is 11.8 Å². The first-order chi connectivity index (χ1) is 9.25. The predicted octanol–water partition coefficient (Wildman–Crippen LogP) is 2.70. The van der Waals surface area contributed by atoms with E-state index in [1.807, 2.05) is 25.5 Å². The number of rotatable bonds is 2. The number of nitrogens with zero attached hydrogens (tertiary/aromatic N) is 2. The van der Waals surface area contributed by atoms with E-state index in [4.69, 9.17) is 0 Å². The predicted molar refractivity (Wildman–Crippen MR) is 74.6 cm³/mol. The molecule has 1 aromatic heterocycles. The minimum Gasteiger partial charge on any atom is -0.508 e. The van der Waals surface area contributed by atoms with Crippen molar-refractivity contribution in [1.29, 1.82) is 0 Å². The number of nitrogens with one attached hydrogen (secondary N) is 1. The van der Waals surface area contributed by atoms with Gasteiger partial charge in [-0.3, -0.25) is 0 Å². The van der Waals surface area contributed by atoms with Gasteiger partial charge in [-0.25, -0.2) is 4.98 Å². The number of aromatic nitrogens is 2. The Labute approximate surface area is 113 Å². The van der Waals surface area contributed by atoms with Crippen molar-refractivity contribution in [3.8, 4) is 11.4 Å². The Kier molecular flexibility index (Phi) is 3.25. The SMILES string of the molecule is Cc1cc(O)ccc1-n1cncc1C1CCCCN1. The number of phenolic OH excluding ortho intramolecular Hbond substituents is 1. The molecule has 1 aliphatic rings. The molecule has 1 saturated heterocycles. The molecular formula is C15H19N3O. The second kappa shape index (κ2) is 5.05. The van der Waals surface area contributed by atoms with E-state index in [0.717, 1.165) is 24.2 Å². The Hall–Kier alpha value is -1.81. The lowest BCUT2D eigenvalue weighted by atomic mass is 10.0. The molecule has 4 nitrogen and oxygen atoms in total. The molecule has 1 aliphatic heterocycles. The standard InChI is InChI=1S/C15H19N3O/c1-11-8-12(19)5-6-14(11)18-10-16-9-15(18)13-4-2-3-7-17-13/h5-6,8-10,13,17,19H,2-4,7H2,1H3. The lowest BCUT2D eigenvalue weighted by Crippen LogP contribution is -2.28. The number of imidazole rings is 1. The van der Waals surface area contributed by atoms with E-state index < -0.39 is 0 Å². The third-order valence-corrected chi connectivity index (χ3v) is 3.77. The number of aromatic hydroxyl groups is 1. The van der Waals surface area contributed by atoms with Gasteiger partial charge in [0, 0.05) is 6.04 Å². The van der Waals surface area contributed by atoms with Crippen LogP contribution < -0.4 is 5.32 Å². The number of benzene rings is 1. The monoisotopic (exact) mass is 257 g/mol. The minimum atomic E-state index is 0.304. The van der Waals surface area contributed by atoms with Crippen LogP contribution in [0.25, 0.3) is 5.69 Å². The second-order valence-corrected chi connectivity index (χ2v) is 5.16. The molecule has 2 aromatic rings. The number of hydrogen-bond acceptors (Lipinski definition) is 3. The zero-order valence-electron chi connectivity index (χ0n) is 11.1. The van der Waals surface area contributed by atoms with Gasteiger partial charge in [0.05, 0.1) is 23.9 Å². The molecule has 0 bridgehead atoms. The first-order valence-electron chi connectivity index (χ1n) is 6.81. The zero-order chi connectivity index (χ0) is 13.2. The topological polar surface area (TPSA) is 50.1 Å². The van der Waals surface area contributed by atoms with Crippen LogP contribution in [0.2, 0.25) is 0 Å². The van der Waals surface area contributed by atoms with Gasteiger partial charge in [-0.05, 0) is 50.1 Å². The van der Waals surface area contributed by atoms with Crippen molar-refractivity contribution in [2.45, 2.75) is 32.2 Å². The Morgan fingerprint density at radius 1 is 1.37 bits per heavy atom. The van der Waals surface area contributed by atoms with Crippen molar-refractivity contribution < 1.29 is 5.11 Å². The number of hydrogen-bond donors (Lipinski definition) is 2. The molecule has 1 aromatic carbocycles. The average molecular weight is 257 g/mol. The lowest BCUT2D eigenvalue weighted by molar-refractivity contribution is 0.401. The smallest absolute Gasteiger partial charge is 0.115 e. The van der Waals surface area contributed by atoms with Crippen LogP contribution in [-0.2, 0) is 0 Å². The Morgan fingerprint density at radius 2 is 2.26 bits per heavy atom. The Morgan fingerprint density at radius 3 is 3.00 bits per heavy atom. The largest absolute Gasteiger partial charge is 0.508 e. The summed E-state index contributed by atoms with van der Waals surface area (Å²) >= 11 is 0. The quantitative estimate of drug-likeness (QED) is 0.869. The van der Waals surface area contributed by atoms with Gasteiger partial charge in [-0.2, -0.15) is 0 Å². The van der Waals surface area contributed by atoms with E-state index in [2.05, 4.69) is 14.9 Å². The molecule has 1 atom stereocenters. The number of phenols is 1. The first kappa shape index (κ1) is 12.2. The highest BCUT2D eigenvalue weighted by atomic mass is 16.3. The van der Waals surface area contributed by atoms with Crippen LogP contribution in [-0.4, -0.2) is 21.2 Å². The molecule has 0 aliphatic carbocycles. The van der Waals surface area contributed by atoms with Crippen LogP contribution in [0, 0.1) is 6.92 Å². The summed E-state index contributed by atoms with van der Waals surface area (Å²) in [7, 11) is 0. The molecule has 1 fully saturated rings. The molecule has 19 heavy (non-hydrogen) atoms. The molecule has 100 valence electrons. The van der Waals surface area contributed by atoms with Gasteiger partial charge in [0.25, 0.3) is 0 Å². The normalized spacial score (nSPS) is 19.5. The summed E-state index contributed by atoms with van der Waals surface area (Å²) in [6, 6.07) is 5.83. The van der Waals surface area contributed by atoms with Crippen LogP contribution in [0.3, 0.4) is 0 Å². The van der Waals surface area contributed by atoms with E-state index in [-0.39, 0.29) is 0 Å². The highest BCUT2D eigenvalue weighted by Crippen LogP contribution is 2.27. The van der Waals surface area contributed by atoms with Crippen molar-refractivity contribution in [3.63, 3.8) is 0 Å². The molecule has 0 amide bonds. The molecule has 4 heteroatoms. The second-order valence-electron chi connectivity index (χ2n) is 5.16. The van der Waals surface area contributed by atoms with Gasteiger partial charge in [-0.1, -0.05) is 6.42 Å². The van der Waals surface area contributed by atoms with Crippen LogP contribution in [0.5, 0.6) is 5.75 Å². The average Bonchev–Trinajstić information content (AvgIpc) is 2.89. The summed E-state index contributed by atoms with van der Waals surface area (Å²) in [6.45, 7) is 3.08. The number of aryl methyl sites for hydroxylation is 1. The summed E-state index contributed by atoms with van der Waals surface area (Å²) < 4.78 is 2.12. The zero-order valence-corrected chi connectivity index (χ0v) is 11.1. The number of piperidine rings is 1. The maximum Gasteiger partial charge on any atom is 0.115 e. The van der Waals surface area contributed by atoms with Crippen molar-refractivity contribution in [2.75, 3.05) is 6.54 Å². The molecule has 0 saturated carbocycles.